The van der Waals surface area contributed by atoms with Crippen LogP contribution in [0.25, 0.3) is 16.2 Å². The van der Waals surface area contributed by atoms with E-state index < -0.39 is 0 Å². The van der Waals surface area contributed by atoms with Gasteiger partial charge in [-0.2, -0.15) is 0 Å². The Morgan fingerprint density at radius 3 is 2.31 bits per heavy atom. The van der Waals surface area contributed by atoms with Crippen LogP contribution >= 0.6 is 22.9 Å². The highest BCUT2D eigenvalue weighted by Crippen LogP contribution is 2.39. The fraction of sp³-hybridized carbons (Fsp3) is 0.0769. The van der Waals surface area contributed by atoms with E-state index in [0.29, 0.717) is 16.6 Å². The van der Waals surface area contributed by atoms with Gasteiger partial charge in [0.25, 0.3) is 5.91 Å². The molecule has 1 aliphatic rings. The van der Waals surface area contributed by atoms with Crippen molar-refractivity contribution in [2.45, 2.75) is 0 Å². The third kappa shape index (κ3) is 3.60. The van der Waals surface area contributed by atoms with Gasteiger partial charge in [0, 0.05) is 29.9 Å². The number of hydrogen-bond donors (Lipinski definition) is 0. The molecule has 4 nitrogen and oxygen atoms in total. The van der Waals surface area contributed by atoms with Gasteiger partial charge in [-0.1, -0.05) is 60.1 Å². The number of amides is 1. The second-order valence-electron chi connectivity index (χ2n) is 7.67. The van der Waals surface area contributed by atoms with Crippen LogP contribution in [0.15, 0.2) is 89.6 Å². The molecule has 5 rings (SSSR count). The van der Waals surface area contributed by atoms with Crippen LogP contribution in [0, 0.1) is 0 Å². The van der Waals surface area contributed by atoms with E-state index in [1.807, 2.05) is 104 Å². The molecule has 0 atom stereocenters. The lowest BCUT2D eigenvalue weighted by atomic mass is 10.1. The van der Waals surface area contributed by atoms with Crippen molar-refractivity contribution in [2.24, 2.45) is 4.99 Å². The van der Waals surface area contributed by atoms with Gasteiger partial charge in [0.2, 0.25) is 0 Å². The van der Waals surface area contributed by atoms with Crippen LogP contribution in [-0.2, 0) is 4.79 Å². The molecule has 0 aliphatic carbocycles. The van der Waals surface area contributed by atoms with E-state index in [2.05, 4.69) is 0 Å². The molecule has 0 N–H and O–H groups in total. The van der Waals surface area contributed by atoms with E-state index >= 15 is 0 Å². The normalized spacial score (nSPS) is 15.0. The first kappa shape index (κ1) is 20.5. The second-order valence-corrected chi connectivity index (χ2v) is 9.10. The summed E-state index contributed by atoms with van der Waals surface area (Å²) in [6.07, 6.45) is 1.83. The molecule has 1 amide bonds. The van der Waals surface area contributed by atoms with Crippen LogP contribution in [0.3, 0.4) is 0 Å². The lowest BCUT2D eigenvalue weighted by molar-refractivity contribution is -0.113. The van der Waals surface area contributed by atoms with E-state index in [1.54, 1.807) is 16.2 Å². The van der Waals surface area contributed by atoms with Crippen LogP contribution in [-0.4, -0.2) is 25.8 Å². The Labute approximate surface area is 195 Å². The van der Waals surface area contributed by atoms with Crippen molar-refractivity contribution in [2.75, 3.05) is 23.9 Å². The molecule has 0 saturated carbocycles. The second kappa shape index (κ2) is 8.26. The van der Waals surface area contributed by atoms with Gasteiger partial charge in [-0.05, 0) is 42.0 Å². The molecule has 6 heteroatoms. The zero-order valence-electron chi connectivity index (χ0n) is 17.6. The molecule has 1 aliphatic heterocycles. The molecule has 32 heavy (non-hydrogen) atoms. The van der Waals surface area contributed by atoms with Crippen LogP contribution in [0.4, 0.5) is 11.4 Å². The van der Waals surface area contributed by atoms with Crippen molar-refractivity contribution in [3.8, 4) is 0 Å². The summed E-state index contributed by atoms with van der Waals surface area (Å²) in [5.41, 5.74) is 3.16. The largest absolute Gasteiger partial charge is 0.378 e. The highest BCUT2D eigenvalue weighted by atomic mass is 35.5. The molecular weight excluding hydrogens is 438 g/mol. The number of nitrogens with zero attached hydrogens (tertiary/aromatic N) is 3. The van der Waals surface area contributed by atoms with E-state index in [0.717, 1.165) is 31.9 Å². The van der Waals surface area contributed by atoms with Crippen LogP contribution < -0.4 is 9.80 Å². The zero-order valence-corrected chi connectivity index (χ0v) is 19.2. The smallest absolute Gasteiger partial charge is 0.282 e. The Morgan fingerprint density at radius 1 is 0.938 bits per heavy atom. The molecule has 4 aromatic rings. The first-order valence-electron chi connectivity index (χ1n) is 10.2. The van der Waals surface area contributed by atoms with Crippen LogP contribution in [0.1, 0.15) is 10.4 Å². The first-order chi connectivity index (χ1) is 15.5. The number of anilines is 2. The fourth-order valence-electron chi connectivity index (χ4n) is 3.67. The highest BCUT2D eigenvalue weighted by Gasteiger charge is 2.34. The molecule has 0 fully saturated rings. The number of para-hydroxylation sites is 1. The summed E-state index contributed by atoms with van der Waals surface area (Å²) in [5, 5.41) is 1.59. The van der Waals surface area contributed by atoms with E-state index in [9.17, 15) is 4.79 Å². The molecule has 3 aromatic carbocycles. The van der Waals surface area contributed by atoms with Gasteiger partial charge >= 0.3 is 0 Å². The topological polar surface area (TPSA) is 35.9 Å². The minimum absolute atomic E-state index is 0.170. The maximum atomic E-state index is 13.5. The van der Waals surface area contributed by atoms with E-state index in [1.165, 1.54) is 0 Å². The van der Waals surface area contributed by atoms with Gasteiger partial charge < -0.3 is 4.90 Å². The van der Waals surface area contributed by atoms with Crippen molar-refractivity contribution in [3.63, 3.8) is 0 Å². The fourth-order valence-corrected chi connectivity index (χ4v) is 5.17. The van der Waals surface area contributed by atoms with Gasteiger partial charge in [0.05, 0.1) is 15.6 Å². The molecule has 0 bridgehead atoms. The van der Waals surface area contributed by atoms with Gasteiger partial charge in [-0.3, -0.25) is 9.69 Å². The zero-order chi connectivity index (χ0) is 22.2. The average molecular weight is 458 g/mol. The van der Waals surface area contributed by atoms with Gasteiger partial charge in [-0.15, -0.1) is 11.3 Å². The summed E-state index contributed by atoms with van der Waals surface area (Å²) in [7, 11) is 3.99. The number of thiophene rings is 1. The maximum Gasteiger partial charge on any atom is 0.282 e. The average Bonchev–Trinajstić information content (AvgIpc) is 3.31. The third-order valence-corrected chi connectivity index (χ3v) is 7.00. The Hall–Kier alpha value is -3.41. The third-order valence-electron chi connectivity index (χ3n) is 5.33. The Morgan fingerprint density at radius 2 is 1.62 bits per heavy atom. The summed E-state index contributed by atoms with van der Waals surface area (Å²) in [5.74, 6) is 0.389. The number of hydrogen-bond acceptors (Lipinski definition) is 4. The minimum Gasteiger partial charge on any atom is -0.378 e. The molecule has 2 heterocycles. The number of halogens is 1. The molecular formula is C26H20ClN3OS. The monoisotopic (exact) mass is 457 g/mol. The van der Waals surface area contributed by atoms with Crippen molar-refractivity contribution in [1.29, 1.82) is 0 Å². The van der Waals surface area contributed by atoms with Crippen molar-refractivity contribution in [3.05, 3.63) is 100 Å². The molecule has 0 radical (unpaired) electrons. The predicted octanol–water partition coefficient (Wildman–Crippen LogP) is 6.46. The van der Waals surface area contributed by atoms with Crippen molar-refractivity contribution >= 4 is 62.2 Å². The van der Waals surface area contributed by atoms with Gasteiger partial charge in [-0.25, -0.2) is 4.99 Å². The number of fused-ring (bicyclic) bond motifs is 1. The molecule has 0 spiro atoms. The Kier molecular flexibility index (Phi) is 5.29. The number of aliphatic imine (C=N–C) groups is 1. The highest BCUT2D eigenvalue weighted by molar-refractivity contribution is 7.21. The Bertz CT molecular complexity index is 1370. The summed E-state index contributed by atoms with van der Waals surface area (Å²) in [4.78, 5) is 22.7. The van der Waals surface area contributed by atoms with Crippen molar-refractivity contribution < 1.29 is 4.79 Å². The number of carbonyl (C=O) groups excluding carboxylic acids is 1. The van der Waals surface area contributed by atoms with Crippen molar-refractivity contribution in [1.82, 2.24) is 0 Å². The summed E-state index contributed by atoms with van der Waals surface area (Å²) < 4.78 is 1.06. The van der Waals surface area contributed by atoms with E-state index in [4.69, 9.17) is 16.6 Å². The molecule has 0 saturated heterocycles. The minimum atomic E-state index is -0.170. The lowest BCUT2D eigenvalue weighted by Gasteiger charge is -2.17. The molecule has 0 unspecified atom stereocenters. The predicted molar refractivity (Wildman–Crippen MR) is 136 cm³/mol. The standard InChI is InChI=1S/C26H20ClN3OS/c1-29(2)18-14-12-17(13-15-18)16-21-26(31)30(19-8-4-3-5-9-19)25(28-21)24-23(27)20-10-6-7-11-22(20)32-24/h3-16H,1-2H3/b21-16+. The lowest BCUT2D eigenvalue weighted by Crippen LogP contribution is -2.32. The number of rotatable bonds is 4. The van der Waals surface area contributed by atoms with Crippen LogP contribution in [0.2, 0.25) is 5.02 Å². The first-order valence-corrected chi connectivity index (χ1v) is 11.4. The molecule has 158 valence electrons. The summed E-state index contributed by atoms with van der Waals surface area (Å²) in [6.45, 7) is 0. The number of carbonyl (C=O) groups is 1. The summed E-state index contributed by atoms with van der Waals surface area (Å²) >= 11 is 8.31. The van der Waals surface area contributed by atoms with Crippen LogP contribution in [0.5, 0.6) is 0 Å². The molecule has 1 aromatic heterocycles. The number of amidine groups is 1. The van der Waals surface area contributed by atoms with E-state index in [-0.39, 0.29) is 5.91 Å². The SMILES string of the molecule is CN(C)c1ccc(/C=C2/N=C(c3sc4ccccc4c3Cl)N(c3ccccc3)C2=O)cc1. The Balaban J connectivity index is 1.64. The number of benzene rings is 3. The summed E-state index contributed by atoms with van der Waals surface area (Å²) in [6, 6.07) is 25.6. The van der Waals surface area contributed by atoms with Gasteiger partial charge in [0.15, 0.2) is 5.84 Å². The quantitative estimate of drug-likeness (QED) is 0.330. The maximum absolute atomic E-state index is 13.5. The van der Waals surface area contributed by atoms with Gasteiger partial charge in [0.1, 0.15) is 5.70 Å².